The molecule has 29 heavy (non-hydrogen) atoms. The second-order valence-corrected chi connectivity index (χ2v) is 11.5. The minimum absolute atomic E-state index is 0.0708. The van der Waals surface area contributed by atoms with Crippen LogP contribution in [0, 0.1) is 28.6 Å². The van der Waals surface area contributed by atoms with Gasteiger partial charge in [-0.3, -0.25) is 4.79 Å². The van der Waals surface area contributed by atoms with E-state index >= 15 is 0 Å². The molecule has 0 bridgehead atoms. The van der Waals surface area contributed by atoms with Gasteiger partial charge in [-0.15, -0.1) is 0 Å². The first kappa shape index (κ1) is 23.0. The summed E-state index contributed by atoms with van der Waals surface area (Å²) in [6, 6.07) is 0. The Morgan fingerprint density at radius 1 is 1.07 bits per heavy atom. The maximum atomic E-state index is 12.1. The van der Waals surface area contributed by atoms with Gasteiger partial charge in [0.1, 0.15) is 11.7 Å². The van der Waals surface area contributed by atoms with Crippen molar-refractivity contribution in [3.63, 3.8) is 0 Å². The number of aliphatic hydroxyl groups is 1. The lowest BCUT2D eigenvalue weighted by atomic mass is 9.44. The van der Waals surface area contributed by atoms with Crippen LogP contribution in [0.4, 0.5) is 0 Å². The molecule has 3 rings (SSSR count). The van der Waals surface area contributed by atoms with Crippen LogP contribution in [0.25, 0.3) is 0 Å². The lowest BCUT2D eigenvalue weighted by molar-refractivity contribution is -0.412. The van der Waals surface area contributed by atoms with Crippen molar-refractivity contribution in [3.05, 3.63) is 0 Å². The zero-order chi connectivity index (χ0) is 21.7. The molecule has 0 aromatic carbocycles. The zero-order valence-electron chi connectivity index (χ0n) is 19.3. The van der Waals surface area contributed by atoms with Gasteiger partial charge < -0.3 is 10.2 Å². The molecule has 0 aromatic rings. The highest BCUT2D eigenvalue weighted by molar-refractivity contribution is 5.70. The summed E-state index contributed by atoms with van der Waals surface area (Å²) in [4.78, 5) is 22.5. The minimum atomic E-state index is -0.855. The fourth-order valence-corrected chi connectivity index (χ4v) is 6.93. The SMILES string of the molecule is CC(C(=O)O)C1CCC(C)(CC[C@@]2(O)[C@@H](C)CCC3C(C)(C)CCC[C@@]32C)OO1. The first-order valence-electron chi connectivity index (χ1n) is 11.6. The van der Waals surface area contributed by atoms with Crippen LogP contribution in [0.5, 0.6) is 0 Å². The largest absolute Gasteiger partial charge is 0.481 e. The highest BCUT2D eigenvalue weighted by atomic mass is 17.2. The topological polar surface area (TPSA) is 76.0 Å². The minimum Gasteiger partial charge on any atom is -0.481 e. The Hall–Kier alpha value is -0.650. The quantitative estimate of drug-likeness (QED) is 0.598. The van der Waals surface area contributed by atoms with E-state index in [1.54, 1.807) is 6.92 Å². The molecule has 1 saturated heterocycles. The van der Waals surface area contributed by atoms with Crippen LogP contribution < -0.4 is 0 Å². The van der Waals surface area contributed by atoms with E-state index in [2.05, 4.69) is 27.7 Å². The molecular weight excluding hydrogens is 368 g/mol. The average Bonchev–Trinajstić information content (AvgIpc) is 2.64. The summed E-state index contributed by atoms with van der Waals surface area (Å²) in [7, 11) is 0. The number of carboxylic acids is 1. The maximum absolute atomic E-state index is 12.1. The van der Waals surface area contributed by atoms with Crippen molar-refractivity contribution in [2.24, 2.45) is 28.6 Å². The lowest BCUT2D eigenvalue weighted by Gasteiger charge is -2.63. The molecular formula is C24H42O5. The molecule has 4 unspecified atom stereocenters. The monoisotopic (exact) mass is 410 g/mol. The van der Waals surface area contributed by atoms with E-state index in [-0.39, 0.29) is 16.7 Å². The van der Waals surface area contributed by atoms with E-state index in [0.29, 0.717) is 18.8 Å². The van der Waals surface area contributed by atoms with Crippen LogP contribution in [-0.4, -0.2) is 33.5 Å². The maximum Gasteiger partial charge on any atom is 0.308 e. The van der Waals surface area contributed by atoms with Crippen molar-refractivity contribution >= 4 is 5.97 Å². The Morgan fingerprint density at radius 3 is 2.34 bits per heavy atom. The van der Waals surface area contributed by atoms with E-state index in [0.717, 1.165) is 25.7 Å². The standard InChI is InChI=1S/C24H42O5/c1-16-8-9-19-21(3,4)11-7-12-23(19,6)24(16,27)15-14-22(5)13-10-18(28-29-22)17(2)20(25)26/h16-19,27H,7-15H2,1-6H3,(H,25,26)/t16-,17?,18?,19?,22?,23-,24+/m0/s1. The van der Waals surface area contributed by atoms with Crippen molar-refractivity contribution < 1.29 is 24.8 Å². The summed E-state index contributed by atoms with van der Waals surface area (Å²) in [5.74, 6) is -0.620. The third-order valence-electron chi connectivity index (χ3n) is 9.24. The van der Waals surface area contributed by atoms with E-state index in [9.17, 15) is 15.0 Å². The number of carbonyl (C=O) groups is 1. The summed E-state index contributed by atoms with van der Waals surface area (Å²) >= 11 is 0. The second-order valence-electron chi connectivity index (χ2n) is 11.5. The van der Waals surface area contributed by atoms with Crippen LogP contribution in [0.1, 0.15) is 99.3 Å². The highest BCUT2D eigenvalue weighted by Gasteiger charge is 2.61. The van der Waals surface area contributed by atoms with Gasteiger partial charge in [-0.1, -0.05) is 34.1 Å². The molecule has 2 saturated carbocycles. The Morgan fingerprint density at radius 2 is 1.76 bits per heavy atom. The molecule has 3 fully saturated rings. The number of rotatable bonds is 5. The van der Waals surface area contributed by atoms with Crippen molar-refractivity contribution in [1.29, 1.82) is 0 Å². The summed E-state index contributed by atoms with van der Waals surface area (Å²) in [5, 5.41) is 21.3. The van der Waals surface area contributed by atoms with Crippen LogP contribution in [0.3, 0.4) is 0 Å². The van der Waals surface area contributed by atoms with Crippen molar-refractivity contribution in [2.45, 2.75) is 117 Å². The number of aliphatic carboxylic acids is 1. The van der Waals surface area contributed by atoms with Crippen LogP contribution >= 0.6 is 0 Å². The van der Waals surface area contributed by atoms with Crippen LogP contribution in [0.2, 0.25) is 0 Å². The van der Waals surface area contributed by atoms with E-state index in [1.165, 1.54) is 19.3 Å². The molecule has 2 N–H and O–H groups in total. The molecule has 0 amide bonds. The summed E-state index contributed by atoms with van der Waals surface area (Å²) in [5.41, 5.74) is -0.975. The summed E-state index contributed by atoms with van der Waals surface area (Å²) in [6.45, 7) is 13.0. The molecule has 0 spiro atoms. The molecule has 0 radical (unpaired) electrons. The fraction of sp³-hybridized carbons (Fsp3) is 0.958. The van der Waals surface area contributed by atoms with Crippen molar-refractivity contribution in [2.75, 3.05) is 0 Å². The van der Waals surface area contributed by atoms with Gasteiger partial charge in [-0.05, 0) is 87.9 Å². The van der Waals surface area contributed by atoms with Gasteiger partial charge in [0.15, 0.2) is 0 Å². The van der Waals surface area contributed by atoms with Gasteiger partial charge >= 0.3 is 5.97 Å². The van der Waals surface area contributed by atoms with Gasteiger partial charge in [0.2, 0.25) is 0 Å². The highest BCUT2D eigenvalue weighted by Crippen LogP contribution is 2.64. The third-order valence-corrected chi connectivity index (χ3v) is 9.24. The predicted molar refractivity (Wildman–Crippen MR) is 112 cm³/mol. The average molecular weight is 411 g/mol. The van der Waals surface area contributed by atoms with Crippen LogP contribution in [0.15, 0.2) is 0 Å². The van der Waals surface area contributed by atoms with Crippen LogP contribution in [-0.2, 0) is 14.6 Å². The van der Waals surface area contributed by atoms with Gasteiger partial charge in [0.05, 0.1) is 11.5 Å². The molecule has 5 heteroatoms. The fourth-order valence-electron chi connectivity index (χ4n) is 6.93. The van der Waals surface area contributed by atoms with E-state index < -0.39 is 29.2 Å². The molecule has 168 valence electrons. The third kappa shape index (κ3) is 3.99. The van der Waals surface area contributed by atoms with Gasteiger partial charge in [-0.25, -0.2) is 9.78 Å². The first-order valence-corrected chi connectivity index (χ1v) is 11.6. The number of fused-ring (bicyclic) bond motifs is 1. The zero-order valence-corrected chi connectivity index (χ0v) is 19.3. The van der Waals surface area contributed by atoms with Gasteiger partial charge in [0, 0.05) is 0 Å². The molecule has 5 nitrogen and oxygen atoms in total. The second kappa shape index (κ2) is 7.80. The lowest BCUT2D eigenvalue weighted by Crippen LogP contribution is -2.62. The molecule has 1 heterocycles. The Balaban J connectivity index is 1.71. The Kier molecular flexibility index (Phi) is 6.19. The van der Waals surface area contributed by atoms with E-state index in [1.807, 2.05) is 6.92 Å². The van der Waals surface area contributed by atoms with Gasteiger partial charge in [-0.2, -0.15) is 0 Å². The van der Waals surface area contributed by atoms with Crippen molar-refractivity contribution in [3.8, 4) is 0 Å². The number of hydrogen-bond donors (Lipinski definition) is 2. The first-order chi connectivity index (χ1) is 13.3. The van der Waals surface area contributed by atoms with E-state index in [4.69, 9.17) is 9.78 Å². The molecule has 1 aliphatic heterocycles. The Labute approximate surface area is 176 Å². The smallest absolute Gasteiger partial charge is 0.308 e. The van der Waals surface area contributed by atoms with Crippen molar-refractivity contribution in [1.82, 2.24) is 0 Å². The number of hydrogen-bond acceptors (Lipinski definition) is 4. The van der Waals surface area contributed by atoms with Gasteiger partial charge in [0.25, 0.3) is 0 Å². The summed E-state index contributed by atoms with van der Waals surface area (Å²) in [6.07, 6.45) is 8.26. The predicted octanol–water partition coefficient (Wildman–Crippen LogP) is 5.35. The summed E-state index contributed by atoms with van der Waals surface area (Å²) < 4.78 is 0. The molecule has 7 atom stereocenters. The molecule has 0 aromatic heterocycles. The molecule has 2 aliphatic carbocycles. The Bertz CT molecular complexity index is 608. The molecule has 3 aliphatic rings. The number of carboxylic acid groups (broad SMARTS) is 1. The normalized spacial score (nSPS) is 46.0.